The molecule has 6 nitrogen and oxygen atoms in total. The van der Waals surface area contributed by atoms with Gasteiger partial charge in [-0.15, -0.1) is 0 Å². The van der Waals surface area contributed by atoms with E-state index in [2.05, 4.69) is 45.1 Å². The number of nitrogens with zero attached hydrogens (tertiary/aromatic N) is 1. The molecule has 2 N–H and O–H groups in total. The maximum atomic E-state index is 9.10. The zero-order valence-corrected chi connectivity index (χ0v) is 14.7. The maximum absolute atomic E-state index is 9.10. The van der Waals surface area contributed by atoms with E-state index in [-0.39, 0.29) is 0 Å². The average Bonchev–Trinajstić information content (AvgIpc) is 2.52. The van der Waals surface area contributed by atoms with Gasteiger partial charge in [-0.25, -0.2) is 9.59 Å². The van der Waals surface area contributed by atoms with Crippen molar-refractivity contribution in [3.8, 4) is 0 Å². The third kappa shape index (κ3) is 8.11. The van der Waals surface area contributed by atoms with Crippen LogP contribution < -0.4 is 0 Å². The summed E-state index contributed by atoms with van der Waals surface area (Å²) in [5, 5.41) is 14.8. The number of hydrogen-bond acceptors (Lipinski definition) is 4. The van der Waals surface area contributed by atoms with Crippen LogP contribution in [0.15, 0.2) is 28.7 Å². The molecule has 1 aromatic rings. The van der Waals surface area contributed by atoms with Gasteiger partial charge in [0.1, 0.15) is 0 Å². The summed E-state index contributed by atoms with van der Waals surface area (Å²) in [6.45, 7) is 4.40. The highest BCUT2D eigenvalue weighted by Gasteiger charge is 2.18. The van der Waals surface area contributed by atoms with Crippen LogP contribution >= 0.6 is 15.9 Å². The highest BCUT2D eigenvalue weighted by Crippen LogP contribution is 2.19. The van der Waals surface area contributed by atoms with Crippen molar-refractivity contribution in [2.24, 2.45) is 5.92 Å². The molecule has 1 saturated heterocycles. The van der Waals surface area contributed by atoms with Gasteiger partial charge < -0.3 is 14.9 Å². The number of carboxylic acids is 2. The molecule has 23 heavy (non-hydrogen) atoms. The van der Waals surface area contributed by atoms with Crippen molar-refractivity contribution >= 4 is 27.9 Å². The molecule has 1 aliphatic rings. The molecule has 0 unspecified atom stereocenters. The van der Waals surface area contributed by atoms with Crippen molar-refractivity contribution in [2.75, 3.05) is 26.8 Å². The number of hydrogen-bond donors (Lipinski definition) is 2. The predicted octanol–water partition coefficient (Wildman–Crippen LogP) is 2.46. The maximum Gasteiger partial charge on any atom is 0.414 e. The number of halogens is 1. The summed E-state index contributed by atoms with van der Waals surface area (Å²) < 4.78 is 6.38. The molecule has 1 fully saturated rings. The highest BCUT2D eigenvalue weighted by molar-refractivity contribution is 9.10. The first-order valence-electron chi connectivity index (χ1n) is 7.34. The molecule has 0 bridgehead atoms. The molecule has 7 heteroatoms. The van der Waals surface area contributed by atoms with Crippen molar-refractivity contribution in [1.29, 1.82) is 0 Å². The van der Waals surface area contributed by atoms with Gasteiger partial charge in [-0.2, -0.15) is 0 Å². The quantitative estimate of drug-likeness (QED) is 0.771. The van der Waals surface area contributed by atoms with E-state index < -0.39 is 11.9 Å². The molecular weight excluding hydrogens is 366 g/mol. The third-order valence-electron chi connectivity index (χ3n) is 3.61. The van der Waals surface area contributed by atoms with Gasteiger partial charge in [0.05, 0.1) is 0 Å². The van der Waals surface area contributed by atoms with Gasteiger partial charge in [0, 0.05) is 24.7 Å². The zero-order valence-electron chi connectivity index (χ0n) is 13.1. The van der Waals surface area contributed by atoms with E-state index >= 15 is 0 Å². The fraction of sp³-hybridized carbons (Fsp3) is 0.500. The number of benzene rings is 1. The first-order valence-corrected chi connectivity index (χ1v) is 8.13. The lowest BCUT2D eigenvalue weighted by atomic mass is 9.97. The van der Waals surface area contributed by atoms with E-state index in [0.717, 1.165) is 23.5 Å². The molecule has 0 aliphatic carbocycles. The number of piperidine rings is 1. The normalized spacial score (nSPS) is 15.6. The number of carbonyl (C=O) groups is 2. The van der Waals surface area contributed by atoms with Crippen molar-refractivity contribution in [3.05, 3.63) is 34.3 Å². The molecule has 1 heterocycles. The summed E-state index contributed by atoms with van der Waals surface area (Å²) in [6.07, 6.45) is 2.54. The van der Waals surface area contributed by atoms with E-state index in [1.54, 1.807) is 7.11 Å². The number of ether oxygens (including phenoxy) is 1. The summed E-state index contributed by atoms with van der Waals surface area (Å²) in [5.41, 5.74) is 1.40. The van der Waals surface area contributed by atoms with Crippen LogP contribution in [-0.2, 0) is 20.9 Å². The first-order chi connectivity index (χ1) is 10.9. The highest BCUT2D eigenvalue weighted by atomic mass is 79.9. The van der Waals surface area contributed by atoms with Gasteiger partial charge in [-0.1, -0.05) is 28.1 Å². The number of likely N-dealkylation sites (tertiary alicyclic amines) is 1. The minimum absolute atomic E-state index is 0.765. The summed E-state index contributed by atoms with van der Waals surface area (Å²) in [6, 6.07) is 8.64. The van der Waals surface area contributed by atoms with Crippen LogP contribution in [0.25, 0.3) is 0 Å². The smallest absolute Gasteiger partial charge is 0.414 e. The van der Waals surface area contributed by atoms with Crippen molar-refractivity contribution < 1.29 is 24.5 Å². The Hall–Kier alpha value is -1.44. The molecule has 0 spiro atoms. The lowest BCUT2D eigenvalue weighted by molar-refractivity contribution is -0.159. The third-order valence-corrected chi connectivity index (χ3v) is 4.14. The van der Waals surface area contributed by atoms with E-state index in [4.69, 9.17) is 24.5 Å². The summed E-state index contributed by atoms with van der Waals surface area (Å²) in [4.78, 5) is 20.7. The molecule has 0 aromatic heterocycles. The minimum atomic E-state index is -1.82. The molecule has 128 valence electrons. The zero-order chi connectivity index (χ0) is 17.2. The summed E-state index contributed by atoms with van der Waals surface area (Å²) >= 11 is 3.47. The second-order valence-corrected chi connectivity index (χ2v) is 6.33. The van der Waals surface area contributed by atoms with Crippen LogP contribution in [0, 0.1) is 5.92 Å². The van der Waals surface area contributed by atoms with Gasteiger partial charge in [0.25, 0.3) is 0 Å². The Morgan fingerprint density at radius 3 is 2.13 bits per heavy atom. The molecule has 1 aromatic carbocycles. The fourth-order valence-corrected chi connectivity index (χ4v) is 2.66. The Morgan fingerprint density at radius 2 is 1.70 bits per heavy atom. The molecule has 0 atom stereocenters. The summed E-state index contributed by atoms with van der Waals surface area (Å²) in [5.74, 6) is -2.88. The van der Waals surface area contributed by atoms with Crippen LogP contribution in [0.5, 0.6) is 0 Å². The number of methoxy groups -OCH3 is 1. The second-order valence-electron chi connectivity index (χ2n) is 5.41. The topological polar surface area (TPSA) is 87.1 Å². The molecule has 0 saturated carbocycles. The Morgan fingerprint density at radius 1 is 1.17 bits per heavy atom. The number of rotatable bonds is 4. The SMILES string of the molecule is COCC1CCN(Cc2ccc(Br)cc2)CC1.O=C(O)C(=O)O. The van der Waals surface area contributed by atoms with Crippen LogP contribution in [0.2, 0.25) is 0 Å². The van der Waals surface area contributed by atoms with Crippen LogP contribution in [0.3, 0.4) is 0 Å². The number of aliphatic carboxylic acids is 2. The van der Waals surface area contributed by atoms with E-state index in [1.807, 2.05) is 0 Å². The monoisotopic (exact) mass is 387 g/mol. The van der Waals surface area contributed by atoms with Crippen LogP contribution in [0.1, 0.15) is 18.4 Å². The first kappa shape index (κ1) is 19.6. The van der Waals surface area contributed by atoms with Gasteiger partial charge in [-0.05, 0) is 49.5 Å². The van der Waals surface area contributed by atoms with Crippen molar-refractivity contribution in [2.45, 2.75) is 19.4 Å². The van der Waals surface area contributed by atoms with E-state index in [9.17, 15) is 0 Å². The molecule has 0 radical (unpaired) electrons. The van der Waals surface area contributed by atoms with Gasteiger partial charge in [0.2, 0.25) is 0 Å². The lowest BCUT2D eigenvalue weighted by Gasteiger charge is -2.31. The van der Waals surface area contributed by atoms with Gasteiger partial charge in [-0.3, -0.25) is 4.90 Å². The van der Waals surface area contributed by atoms with Crippen LogP contribution in [-0.4, -0.2) is 53.9 Å². The molecule has 1 aliphatic heterocycles. The Labute approximate surface area is 144 Å². The van der Waals surface area contributed by atoms with Crippen LogP contribution in [0.4, 0.5) is 0 Å². The van der Waals surface area contributed by atoms with E-state index in [0.29, 0.717) is 0 Å². The Kier molecular flexibility index (Phi) is 8.83. The second kappa shape index (κ2) is 10.4. The largest absolute Gasteiger partial charge is 0.473 e. The Balaban J connectivity index is 0.000000379. The standard InChI is InChI=1S/C14H20BrNO.C2H2O4/c1-17-11-13-6-8-16(9-7-13)10-12-2-4-14(15)5-3-12;3-1(4)2(5)6/h2-5,13H,6-11H2,1H3;(H,3,4)(H,5,6). The average molecular weight is 388 g/mol. The molecule has 2 rings (SSSR count). The number of carboxylic acid groups (broad SMARTS) is 2. The van der Waals surface area contributed by atoms with Crippen molar-refractivity contribution in [1.82, 2.24) is 4.90 Å². The molecule has 0 amide bonds. The summed E-state index contributed by atoms with van der Waals surface area (Å²) in [7, 11) is 1.80. The minimum Gasteiger partial charge on any atom is -0.473 e. The fourth-order valence-electron chi connectivity index (χ4n) is 2.39. The Bertz CT molecular complexity index is 486. The van der Waals surface area contributed by atoms with E-state index in [1.165, 1.54) is 31.5 Å². The predicted molar refractivity (Wildman–Crippen MR) is 89.3 cm³/mol. The van der Waals surface area contributed by atoms with Crippen molar-refractivity contribution in [3.63, 3.8) is 0 Å². The van der Waals surface area contributed by atoms with Gasteiger partial charge in [0.15, 0.2) is 0 Å². The lowest BCUT2D eigenvalue weighted by Crippen LogP contribution is -2.34. The van der Waals surface area contributed by atoms with Gasteiger partial charge >= 0.3 is 11.9 Å². The molecular formula is C16H22BrNO5.